The number of phosphoric acid groups is 2. The SMILES string of the molecule is CC/C=C\C/C=C\C/C=C\C/C=C\C/C=C\CCCCCCCCCCCCCC(=O)OCC(COP(=O)(O)OCC(O)COP(=O)(O)OCC(O)COC(=O)CCCCCCCCCCCCCCCCCCC/C=C\C/C=C\C/C=C\C/C=C\CCCCC)OC(=O)CCCCCCCCCCCCCCC. The van der Waals surface area contributed by atoms with Crippen molar-refractivity contribution in [1.29, 1.82) is 0 Å². The van der Waals surface area contributed by atoms with E-state index < -0.39 is 91.5 Å². The van der Waals surface area contributed by atoms with Crippen molar-refractivity contribution in [2.24, 2.45) is 0 Å². The van der Waals surface area contributed by atoms with E-state index in [1.54, 1.807) is 0 Å². The first-order valence-electron chi connectivity index (χ1n) is 44.2. The summed E-state index contributed by atoms with van der Waals surface area (Å²) in [5.41, 5.74) is 0. The zero-order chi connectivity index (χ0) is 79.4. The van der Waals surface area contributed by atoms with Gasteiger partial charge in [-0.3, -0.25) is 32.5 Å². The number of aliphatic hydroxyl groups excluding tert-OH is 2. The van der Waals surface area contributed by atoms with E-state index in [1.165, 1.54) is 205 Å². The van der Waals surface area contributed by atoms with Crippen molar-refractivity contribution in [1.82, 2.24) is 0 Å². The predicted octanol–water partition coefficient (Wildman–Crippen LogP) is 26.7. The average molecular weight is 1570 g/mol. The molecule has 0 spiro atoms. The number of allylic oxidation sites excluding steroid dienone is 18. The van der Waals surface area contributed by atoms with Gasteiger partial charge in [0.2, 0.25) is 0 Å². The molecule has 0 radical (unpaired) electrons. The van der Waals surface area contributed by atoms with Crippen molar-refractivity contribution >= 4 is 33.6 Å². The Morgan fingerprint density at radius 1 is 0.266 bits per heavy atom. The molecule has 109 heavy (non-hydrogen) atoms. The van der Waals surface area contributed by atoms with Gasteiger partial charge in [0.05, 0.1) is 26.4 Å². The van der Waals surface area contributed by atoms with Crippen LogP contribution in [0.5, 0.6) is 0 Å². The number of carbonyl (C=O) groups excluding carboxylic acids is 3. The summed E-state index contributed by atoms with van der Waals surface area (Å²) in [5, 5.41) is 20.7. The molecule has 0 aliphatic rings. The fourth-order valence-electron chi connectivity index (χ4n) is 12.3. The molecule has 0 aromatic rings. The number of unbranched alkanes of at least 4 members (excludes halogenated alkanes) is 43. The van der Waals surface area contributed by atoms with Gasteiger partial charge >= 0.3 is 33.6 Å². The minimum atomic E-state index is -4.93. The van der Waals surface area contributed by atoms with Crippen LogP contribution in [0.15, 0.2) is 109 Å². The lowest BCUT2D eigenvalue weighted by Gasteiger charge is -2.21. The van der Waals surface area contributed by atoms with E-state index in [1.807, 2.05) is 0 Å². The smallest absolute Gasteiger partial charge is 0.463 e. The second-order valence-electron chi connectivity index (χ2n) is 29.7. The number of esters is 3. The van der Waals surface area contributed by atoms with Gasteiger partial charge in [0.15, 0.2) is 6.10 Å². The van der Waals surface area contributed by atoms with Crippen LogP contribution in [0.1, 0.15) is 393 Å². The Labute approximate surface area is 666 Å². The van der Waals surface area contributed by atoms with Gasteiger partial charge in [0.25, 0.3) is 0 Å². The third kappa shape index (κ3) is 84.9. The summed E-state index contributed by atoms with van der Waals surface area (Å²) in [6.07, 6.45) is 100. The van der Waals surface area contributed by atoms with Crippen LogP contribution < -0.4 is 0 Å². The van der Waals surface area contributed by atoms with Crippen LogP contribution in [0.25, 0.3) is 0 Å². The standard InChI is InChI=1S/C91H162O16P2/c1-4-7-10-13-16-19-22-25-27-29-31-33-35-37-39-40-41-42-43-44-46-48-49-51-53-55-57-60-62-65-68-71-74-77-89(94)101-80-86(92)81-103-108(97,98)104-82-87(93)83-105-109(99,100)106-85-88(107-91(96)79-76-73-70-67-64-59-24-21-18-15-12-9-6-3)84-102-90(95)78-75-72-69-66-63-61-58-56-54-52-50-47-45-38-36-34-32-30-28-26-23-20-17-14-11-8-5-2/h8,11,16-17,19-20,25-28,31-34,37-39,45,86-88,92-93H,4-7,9-10,12-15,18,21-24,29-30,35-36,40-44,46-85H2,1-3H3,(H,97,98)(H,99,100)/b11-8-,19-16-,20-17-,27-25-,28-26-,33-31-,34-32-,39-37-,45-38-. The minimum Gasteiger partial charge on any atom is -0.463 e. The maximum Gasteiger partial charge on any atom is 0.472 e. The number of carbonyl (C=O) groups is 3. The number of rotatable bonds is 84. The maximum absolute atomic E-state index is 13.0. The summed E-state index contributed by atoms with van der Waals surface area (Å²) in [6, 6.07) is 0. The van der Waals surface area contributed by atoms with Crippen molar-refractivity contribution in [3.8, 4) is 0 Å². The number of ether oxygens (including phenoxy) is 3. The van der Waals surface area contributed by atoms with Gasteiger partial charge in [-0.25, -0.2) is 9.13 Å². The Morgan fingerprint density at radius 2 is 0.486 bits per heavy atom. The molecular weight excluding hydrogens is 1410 g/mol. The van der Waals surface area contributed by atoms with E-state index in [0.717, 1.165) is 128 Å². The Morgan fingerprint density at radius 3 is 0.789 bits per heavy atom. The summed E-state index contributed by atoms with van der Waals surface area (Å²) in [7, 11) is -9.78. The molecule has 16 nitrogen and oxygen atoms in total. The summed E-state index contributed by atoms with van der Waals surface area (Å²) < 4.78 is 61.3. The van der Waals surface area contributed by atoms with Gasteiger partial charge in [0.1, 0.15) is 25.4 Å². The monoisotopic (exact) mass is 1570 g/mol. The zero-order valence-electron chi connectivity index (χ0n) is 69.5. The molecule has 0 aliphatic carbocycles. The van der Waals surface area contributed by atoms with Gasteiger partial charge in [-0.1, -0.05) is 374 Å². The highest BCUT2D eigenvalue weighted by Crippen LogP contribution is 2.45. The molecule has 632 valence electrons. The predicted molar refractivity (Wildman–Crippen MR) is 454 cm³/mol. The molecule has 0 saturated carbocycles. The second-order valence-corrected chi connectivity index (χ2v) is 32.6. The molecule has 4 N–H and O–H groups in total. The van der Waals surface area contributed by atoms with E-state index in [2.05, 4.69) is 130 Å². The quantitative estimate of drug-likeness (QED) is 0.0146. The fraction of sp³-hybridized carbons (Fsp3) is 0.769. The Kier molecular flexibility index (Phi) is 80.7. The lowest BCUT2D eigenvalue weighted by atomic mass is 10.0. The fourth-order valence-corrected chi connectivity index (χ4v) is 13.9. The molecule has 0 heterocycles. The minimum absolute atomic E-state index is 0.108. The third-order valence-electron chi connectivity index (χ3n) is 19.0. The Hall–Kier alpha value is -3.79. The number of hydrogen-bond donors (Lipinski definition) is 4. The lowest BCUT2D eigenvalue weighted by Crippen LogP contribution is -2.30. The van der Waals surface area contributed by atoms with Crippen LogP contribution >= 0.6 is 15.6 Å². The summed E-state index contributed by atoms with van der Waals surface area (Å²) >= 11 is 0. The lowest BCUT2D eigenvalue weighted by molar-refractivity contribution is -0.161. The van der Waals surface area contributed by atoms with Crippen LogP contribution in [-0.4, -0.2) is 95.9 Å². The molecule has 0 aromatic carbocycles. The first-order valence-corrected chi connectivity index (χ1v) is 47.2. The van der Waals surface area contributed by atoms with Crippen LogP contribution in [0, 0.1) is 0 Å². The first-order chi connectivity index (χ1) is 53.2. The van der Waals surface area contributed by atoms with Crippen molar-refractivity contribution < 1.29 is 75.8 Å². The van der Waals surface area contributed by atoms with Crippen LogP contribution in [-0.2, 0) is 55.8 Å². The summed E-state index contributed by atoms with van der Waals surface area (Å²) in [6.45, 7) is 2.60. The Bertz CT molecular complexity index is 2420. The molecule has 0 saturated heterocycles. The van der Waals surface area contributed by atoms with Crippen LogP contribution in [0.3, 0.4) is 0 Å². The van der Waals surface area contributed by atoms with Crippen LogP contribution in [0.2, 0.25) is 0 Å². The molecule has 18 heteroatoms. The van der Waals surface area contributed by atoms with Crippen LogP contribution in [0.4, 0.5) is 0 Å². The van der Waals surface area contributed by atoms with Gasteiger partial charge in [-0.2, -0.15) is 0 Å². The molecule has 0 bridgehead atoms. The molecule has 5 unspecified atom stereocenters. The van der Waals surface area contributed by atoms with E-state index >= 15 is 0 Å². The van der Waals surface area contributed by atoms with Gasteiger partial charge in [-0.15, -0.1) is 0 Å². The highest BCUT2D eigenvalue weighted by Gasteiger charge is 2.29. The van der Waals surface area contributed by atoms with Crippen molar-refractivity contribution in [2.45, 2.75) is 411 Å². The average Bonchev–Trinajstić information content (AvgIpc) is 0.906. The summed E-state index contributed by atoms with van der Waals surface area (Å²) in [4.78, 5) is 58.8. The molecule has 0 rings (SSSR count). The largest absolute Gasteiger partial charge is 0.472 e. The van der Waals surface area contributed by atoms with E-state index in [4.69, 9.17) is 32.3 Å². The Balaban J connectivity index is 4.40. The normalized spacial score (nSPS) is 14.4. The molecular formula is C91H162O16P2. The van der Waals surface area contributed by atoms with E-state index in [0.29, 0.717) is 19.3 Å². The number of phosphoric ester groups is 2. The van der Waals surface area contributed by atoms with Gasteiger partial charge in [-0.05, 0) is 109 Å². The molecule has 0 aliphatic heterocycles. The second kappa shape index (κ2) is 83.6. The maximum atomic E-state index is 13.0. The van der Waals surface area contributed by atoms with Crippen molar-refractivity contribution in [3.63, 3.8) is 0 Å². The van der Waals surface area contributed by atoms with Gasteiger partial charge < -0.3 is 34.2 Å². The molecule has 0 aromatic heterocycles. The van der Waals surface area contributed by atoms with Crippen molar-refractivity contribution in [3.05, 3.63) is 109 Å². The third-order valence-corrected chi connectivity index (χ3v) is 20.9. The number of hydrogen-bond acceptors (Lipinski definition) is 14. The molecule has 0 amide bonds. The first kappa shape index (κ1) is 105. The van der Waals surface area contributed by atoms with Crippen molar-refractivity contribution in [2.75, 3.05) is 39.6 Å². The van der Waals surface area contributed by atoms with E-state index in [-0.39, 0.29) is 19.3 Å². The topological polar surface area (TPSA) is 231 Å². The zero-order valence-corrected chi connectivity index (χ0v) is 71.3. The molecule has 0 fully saturated rings. The number of aliphatic hydroxyl groups is 2. The molecule has 5 atom stereocenters. The summed E-state index contributed by atoms with van der Waals surface area (Å²) in [5.74, 6) is -1.56. The van der Waals surface area contributed by atoms with Gasteiger partial charge in [0, 0.05) is 19.3 Å². The highest BCUT2D eigenvalue weighted by atomic mass is 31.2. The highest BCUT2D eigenvalue weighted by molar-refractivity contribution is 7.47. The van der Waals surface area contributed by atoms with E-state index in [9.17, 15) is 43.5 Å².